The standard InChI is InChI=1S/C12H17ClN2S2/c1-8(2)5-10-7-15-12(17-10)14-6-9-3-4-11(13)16-9/h3-4,8,10H,5-7H2,1-2H3,(H,14,15). The largest absolute Gasteiger partial charge is 0.360 e. The Balaban J connectivity index is 1.74. The van der Waals surface area contributed by atoms with Gasteiger partial charge in [-0.15, -0.1) is 11.3 Å². The number of hydrogen-bond donors (Lipinski definition) is 1. The average Bonchev–Trinajstić information content (AvgIpc) is 2.84. The van der Waals surface area contributed by atoms with Crippen LogP contribution < -0.4 is 5.32 Å². The van der Waals surface area contributed by atoms with E-state index in [0.29, 0.717) is 5.25 Å². The highest BCUT2D eigenvalue weighted by molar-refractivity contribution is 8.14. The fraction of sp³-hybridized carbons (Fsp3) is 0.583. The SMILES string of the molecule is CC(C)CC1CN=C(NCc2ccc(Cl)s2)S1. The summed E-state index contributed by atoms with van der Waals surface area (Å²) in [7, 11) is 0. The molecule has 0 saturated carbocycles. The van der Waals surface area contributed by atoms with Gasteiger partial charge in [-0.25, -0.2) is 0 Å². The zero-order chi connectivity index (χ0) is 12.3. The number of hydrogen-bond acceptors (Lipinski definition) is 4. The van der Waals surface area contributed by atoms with Gasteiger partial charge < -0.3 is 5.32 Å². The molecule has 17 heavy (non-hydrogen) atoms. The molecule has 0 radical (unpaired) electrons. The molecule has 1 atom stereocenters. The zero-order valence-electron chi connectivity index (χ0n) is 10.1. The zero-order valence-corrected chi connectivity index (χ0v) is 12.5. The third-order valence-corrected chi connectivity index (χ3v) is 4.90. The number of nitrogens with one attached hydrogen (secondary N) is 1. The Kier molecular flexibility index (Phi) is 4.77. The molecule has 1 N–H and O–H groups in total. The third-order valence-electron chi connectivity index (χ3n) is 2.49. The molecule has 0 bridgehead atoms. The van der Waals surface area contributed by atoms with Crippen LogP contribution in [0.5, 0.6) is 0 Å². The van der Waals surface area contributed by atoms with Gasteiger partial charge in [0.25, 0.3) is 0 Å². The van der Waals surface area contributed by atoms with Crippen LogP contribution in [0.25, 0.3) is 0 Å². The minimum absolute atomic E-state index is 0.657. The Hall–Kier alpha value is -0.190. The Morgan fingerprint density at radius 1 is 1.53 bits per heavy atom. The summed E-state index contributed by atoms with van der Waals surface area (Å²) in [5.41, 5.74) is 0. The first-order chi connectivity index (χ1) is 8.13. The lowest BCUT2D eigenvalue weighted by Gasteiger charge is -2.10. The quantitative estimate of drug-likeness (QED) is 0.905. The van der Waals surface area contributed by atoms with Crippen molar-refractivity contribution in [2.75, 3.05) is 6.54 Å². The molecule has 5 heteroatoms. The fourth-order valence-corrected chi connectivity index (χ4v) is 4.05. The van der Waals surface area contributed by atoms with Gasteiger partial charge >= 0.3 is 0 Å². The molecule has 1 aliphatic heterocycles. The molecule has 1 aromatic rings. The van der Waals surface area contributed by atoms with Crippen LogP contribution in [-0.4, -0.2) is 17.0 Å². The summed E-state index contributed by atoms with van der Waals surface area (Å²) in [5, 5.41) is 5.12. The molecular formula is C12H17ClN2S2. The van der Waals surface area contributed by atoms with Crippen LogP contribution in [0.15, 0.2) is 17.1 Å². The molecular weight excluding hydrogens is 272 g/mol. The van der Waals surface area contributed by atoms with E-state index in [4.69, 9.17) is 11.6 Å². The van der Waals surface area contributed by atoms with E-state index in [-0.39, 0.29) is 0 Å². The second-order valence-corrected chi connectivity index (χ2v) is 7.66. The van der Waals surface area contributed by atoms with Crippen molar-refractivity contribution in [3.8, 4) is 0 Å². The van der Waals surface area contributed by atoms with Crippen molar-refractivity contribution >= 4 is 39.9 Å². The van der Waals surface area contributed by atoms with E-state index >= 15 is 0 Å². The molecule has 0 saturated heterocycles. The number of amidine groups is 1. The molecule has 0 fully saturated rings. The first-order valence-electron chi connectivity index (χ1n) is 5.82. The van der Waals surface area contributed by atoms with Gasteiger partial charge in [-0.1, -0.05) is 37.2 Å². The van der Waals surface area contributed by atoms with Gasteiger partial charge in [0.05, 0.1) is 17.4 Å². The van der Waals surface area contributed by atoms with Crippen LogP contribution in [0.4, 0.5) is 0 Å². The van der Waals surface area contributed by atoms with Crippen molar-refractivity contribution in [3.05, 3.63) is 21.3 Å². The molecule has 0 aromatic carbocycles. The van der Waals surface area contributed by atoms with Crippen LogP contribution in [0.2, 0.25) is 4.34 Å². The summed E-state index contributed by atoms with van der Waals surface area (Å²) in [6, 6.07) is 4.00. The van der Waals surface area contributed by atoms with Gasteiger partial charge in [-0.2, -0.15) is 0 Å². The summed E-state index contributed by atoms with van der Waals surface area (Å²) in [4.78, 5) is 5.79. The smallest absolute Gasteiger partial charge is 0.157 e. The minimum atomic E-state index is 0.657. The number of nitrogens with zero attached hydrogens (tertiary/aromatic N) is 1. The summed E-state index contributed by atoms with van der Waals surface area (Å²) >= 11 is 9.39. The Morgan fingerprint density at radius 3 is 3.00 bits per heavy atom. The van der Waals surface area contributed by atoms with Crippen LogP contribution in [0.3, 0.4) is 0 Å². The first-order valence-corrected chi connectivity index (χ1v) is 7.90. The second-order valence-electron chi connectivity index (χ2n) is 4.57. The average molecular weight is 289 g/mol. The maximum absolute atomic E-state index is 5.89. The summed E-state index contributed by atoms with van der Waals surface area (Å²) in [6.07, 6.45) is 1.24. The molecule has 1 unspecified atom stereocenters. The molecule has 1 aromatic heterocycles. The van der Waals surface area contributed by atoms with Crippen LogP contribution in [0, 0.1) is 5.92 Å². The number of thiophene rings is 1. The van der Waals surface area contributed by atoms with Gasteiger partial charge in [-0.05, 0) is 24.5 Å². The number of rotatable bonds is 4. The number of aliphatic imine (C=N–C) groups is 1. The molecule has 2 rings (SSSR count). The van der Waals surface area contributed by atoms with E-state index < -0.39 is 0 Å². The summed E-state index contributed by atoms with van der Waals surface area (Å²) < 4.78 is 0.848. The van der Waals surface area contributed by atoms with Crippen LogP contribution in [0.1, 0.15) is 25.1 Å². The molecule has 0 spiro atoms. The normalized spacial score (nSPS) is 19.8. The molecule has 94 valence electrons. The van der Waals surface area contributed by atoms with Gasteiger partial charge in [0.1, 0.15) is 0 Å². The highest BCUT2D eigenvalue weighted by Crippen LogP contribution is 2.26. The highest BCUT2D eigenvalue weighted by Gasteiger charge is 2.20. The van der Waals surface area contributed by atoms with Gasteiger partial charge in [0.2, 0.25) is 0 Å². The minimum Gasteiger partial charge on any atom is -0.360 e. The van der Waals surface area contributed by atoms with Crippen LogP contribution >= 0.6 is 34.7 Å². The lowest BCUT2D eigenvalue weighted by Crippen LogP contribution is -2.18. The van der Waals surface area contributed by atoms with Gasteiger partial charge in [0, 0.05) is 10.1 Å². The molecule has 1 aliphatic rings. The molecule has 2 heterocycles. The highest BCUT2D eigenvalue weighted by atomic mass is 35.5. The van der Waals surface area contributed by atoms with E-state index in [1.165, 1.54) is 11.3 Å². The van der Waals surface area contributed by atoms with Crippen molar-refractivity contribution in [2.24, 2.45) is 10.9 Å². The maximum Gasteiger partial charge on any atom is 0.157 e. The second kappa shape index (κ2) is 6.12. The van der Waals surface area contributed by atoms with Crippen molar-refractivity contribution in [2.45, 2.75) is 32.1 Å². The Bertz CT molecular complexity index is 401. The van der Waals surface area contributed by atoms with Crippen molar-refractivity contribution in [3.63, 3.8) is 0 Å². The van der Waals surface area contributed by atoms with Crippen LogP contribution in [-0.2, 0) is 6.54 Å². The van der Waals surface area contributed by atoms with Crippen molar-refractivity contribution < 1.29 is 0 Å². The maximum atomic E-state index is 5.89. The van der Waals surface area contributed by atoms with Gasteiger partial charge in [-0.3, -0.25) is 4.99 Å². The first kappa shape index (κ1) is 13.2. The topological polar surface area (TPSA) is 24.4 Å². The Labute approximate surface area is 116 Å². The summed E-state index contributed by atoms with van der Waals surface area (Å²) in [6.45, 7) is 6.31. The fourth-order valence-electron chi connectivity index (χ4n) is 1.77. The predicted octanol–water partition coefficient (Wildman–Crippen LogP) is 4.01. The van der Waals surface area contributed by atoms with Crippen molar-refractivity contribution in [1.82, 2.24) is 5.32 Å². The predicted molar refractivity (Wildman–Crippen MR) is 79.3 cm³/mol. The number of thioether (sulfide) groups is 1. The monoisotopic (exact) mass is 288 g/mol. The number of halogens is 1. The van der Waals surface area contributed by atoms with Crippen molar-refractivity contribution in [1.29, 1.82) is 0 Å². The van der Waals surface area contributed by atoms with E-state index in [2.05, 4.69) is 30.2 Å². The van der Waals surface area contributed by atoms with E-state index in [0.717, 1.165) is 28.5 Å². The molecule has 0 amide bonds. The summed E-state index contributed by atoms with van der Waals surface area (Å²) in [5.74, 6) is 0.748. The lowest BCUT2D eigenvalue weighted by molar-refractivity contribution is 0.575. The molecule has 0 aliphatic carbocycles. The lowest BCUT2D eigenvalue weighted by atomic mass is 10.1. The van der Waals surface area contributed by atoms with Gasteiger partial charge in [0.15, 0.2) is 5.17 Å². The van der Waals surface area contributed by atoms with E-state index in [1.807, 2.05) is 17.8 Å². The third kappa shape index (κ3) is 4.19. The Morgan fingerprint density at radius 2 is 2.35 bits per heavy atom. The van der Waals surface area contributed by atoms with E-state index in [1.54, 1.807) is 11.3 Å². The molecule has 2 nitrogen and oxygen atoms in total. The van der Waals surface area contributed by atoms with E-state index in [9.17, 15) is 0 Å².